The van der Waals surface area contributed by atoms with Crippen molar-refractivity contribution < 1.29 is 27.5 Å². The zero-order chi connectivity index (χ0) is 13.3. The molecule has 1 atom stereocenters. The van der Waals surface area contributed by atoms with Crippen LogP contribution in [0.4, 0.5) is 18.0 Å². The number of hydrogen-bond donors (Lipinski definition) is 1. The van der Waals surface area contributed by atoms with Crippen LogP contribution < -0.4 is 5.32 Å². The first-order valence-corrected chi connectivity index (χ1v) is 4.74. The Labute approximate surface area is 95.5 Å². The number of terminal acetylenes is 1. The summed E-state index contributed by atoms with van der Waals surface area (Å²) in [6, 6.07) is 0. The normalized spacial score (nSPS) is 18.8. The molecule has 1 rings (SSSR count). The summed E-state index contributed by atoms with van der Waals surface area (Å²) in [5, 5.41) is 2.10. The van der Waals surface area contributed by atoms with Gasteiger partial charge in [-0.15, -0.1) is 6.42 Å². The van der Waals surface area contributed by atoms with E-state index in [4.69, 9.17) is 0 Å². The largest absolute Gasteiger partial charge is 0.437 e. The maximum atomic E-state index is 12.2. The molecule has 0 heterocycles. The van der Waals surface area contributed by atoms with Crippen LogP contribution in [-0.4, -0.2) is 29.7 Å². The predicted molar refractivity (Wildman–Crippen MR) is 50.9 cm³/mol. The zero-order valence-corrected chi connectivity index (χ0v) is 8.93. The lowest BCUT2D eigenvalue weighted by Crippen LogP contribution is -2.45. The Bertz CT molecular complexity index is 379. The Balaban J connectivity index is 2.56. The fourth-order valence-corrected chi connectivity index (χ4v) is 1.22. The average molecular weight is 249 g/mol. The van der Waals surface area contributed by atoms with Gasteiger partial charge in [0.1, 0.15) is 5.54 Å². The number of amides is 1. The van der Waals surface area contributed by atoms with Crippen LogP contribution in [0.2, 0.25) is 0 Å². The standard InChI is InChI=1S/C10H10F3NO3/c1-3-7(10(11,12)13)17-8(16)14-9(4-5-9)6(2)15/h1,7H,4-5H2,2H3,(H,14,16)/t7-/m1/s1. The van der Waals surface area contributed by atoms with Gasteiger partial charge in [-0.1, -0.05) is 5.92 Å². The molecule has 0 radical (unpaired) electrons. The number of ketones is 1. The minimum absolute atomic E-state index is 0.321. The number of alkyl carbamates (subject to hydrolysis) is 1. The topological polar surface area (TPSA) is 55.4 Å². The van der Waals surface area contributed by atoms with Crippen molar-refractivity contribution in [2.75, 3.05) is 0 Å². The van der Waals surface area contributed by atoms with Crippen LogP contribution in [0.25, 0.3) is 0 Å². The van der Waals surface area contributed by atoms with E-state index < -0.39 is 23.9 Å². The summed E-state index contributed by atoms with van der Waals surface area (Å²) in [6.07, 6.45) is -3.37. The molecule has 0 unspecified atom stereocenters. The molecule has 1 amide bonds. The number of alkyl halides is 3. The number of carbonyl (C=O) groups is 2. The molecule has 1 saturated carbocycles. The quantitative estimate of drug-likeness (QED) is 0.769. The van der Waals surface area contributed by atoms with E-state index in [2.05, 4.69) is 16.5 Å². The van der Waals surface area contributed by atoms with E-state index >= 15 is 0 Å². The second-order valence-electron chi connectivity index (χ2n) is 3.76. The van der Waals surface area contributed by atoms with Gasteiger partial charge < -0.3 is 10.1 Å². The van der Waals surface area contributed by atoms with Crippen LogP contribution in [0.5, 0.6) is 0 Å². The monoisotopic (exact) mass is 249 g/mol. The van der Waals surface area contributed by atoms with Gasteiger partial charge in [0.2, 0.25) is 0 Å². The van der Waals surface area contributed by atoms with Crippen molar-refractivity contribution >= 4 is 11.9 Å². The number of Topliss-reactive ketones (excluding diaryl/α,β-unsaturated/α-hetero) is 1. The lowest BCUT2D eigenvalue weighted by Gasteiger charge is -2.18. The number of carbonyl (C=O) groups excluding carboxylic acids is 2. The maximum absolute atomic E-state index is 12.2. The summed E-state index contributed by atoms with van der Waals surface area (Å²) in [5.74, 6) is 0.995. The molecule has 0 aromatic rings. The highest BCUT2D eigenvalue weighted by atomic mass is 19.4. The molecule has 0 saturated heterocycles. The molecule has 1 aliphatic carbocycles. The first-order chi connectivity index (χ1) is 7.71. The SMILES string of the molecule is C#C[C@@H](OC(=O)NC1(C(C)=O)CC1)C(F)(F)F. The lowest BCUT2D eigenvalue weighted by atomic mass is 10.2. The Morgan fingerprint density at radius 2 is 2.00 bits per heavy atom. The number of rotatable bonds is 3. The second-order valence-corrected chi connectivity index (χ2v) is 3.76. The van der Waals surface area contributed by atoms with Crippen molar-refractivity contribution in [3.8, 4) is 12.3 Å². The molecule has 17 heavy (non-hydrogen) atoms. The number of halogens is 3. The first-order valence-electron chi connectivity index (χ1n) is 4.74. The summed E-state index contributed by atoms with van der Waals surface area (Å²) in [5.41, 5.74) is -1.07. The van der Waals surface area contributed by atoms with E-state index in [-0.39, 0.29) is 5.78 Å². The molecule has 0 aromatic carbocycles. The lowest BCUT2D eigenvalue weighted by molar-refractivity contribution is -0.184. The van der Waals surface area contributed by atoms with Crippen LogP contribution in [-0.2, 0) is 9.53 Å². The highest BCUT2D eigenvalue weighted by Gasteiger charge is 2.50. The summed E-state index contributed by atoms with van der Waals surface area (Å²) in [7, 11) is 0. The maximum Gasteiger partial charge on any atom is 0.437 e. The van der Waals surface area contributed by atoms with Gasteiger partial charge in [0.05, 0.1) is 0 Å². The number of nitrogens with one attached hydrogen (secondary N) is 1. The van der Waals surface area contributed by atoms with E-state index in [1.807, 2.05) is 0 Å². The van der Waals surface area contributed by atoms with Gasteiger partial charge in [-0.25, -0.2) is 4.79 Å². The van der Waals surface area contributed by atoms with Crippen molar-refractivity contribution in [3.63, 3.8) is 0 Å². The van der Waals surface area contributed by atoms with Gasteiger partial charge in [0.15, 0.2) is 5.78 Å². The summed E-state index contributed by atoms with van der Waals surface area (Å²) in [4.78, 5) is 22.2. The van der Waals surface area contributed by atoms with Crippen LogP contribution in [0.15, 0.2) is 0 Å². The molecule has 4 nitrogen and oxygen atoms in total. The smallest absolute Gasteiger partial charge is 0.423 e. The van der Waals surface area contributed by atoms with Crippen molar-refractivity contribution in [2.45, 2.75) is 37.6 Å². The molecular formula is C10H10F3NO3. The molecule has 1 N–H and O–H groups in total. The fourth-order valence-electron chi connectivity index (χ4n) is 1.22. The van der Waals surface area contributed by atoms with Gasteiger partial charge in [0, 0.05) is 0 Å². The summed E-state index contributed by atoms with van der Waals surface area (Å²) < 4.78 is 40.5. The molecule has 0 spiro atoms. The third-order valence-electron chi connectivity index (χ3n) is 2.44. The third kappa shape index (κ3) is 3.12. The molecule has 1 aliphatic rings. The number of hydrogen-bond acceptors (Lipinski definition) is 3. The highest BCUT2D eigenvalue weighted by Crippen LogP contribution is 2.36. The van der Waals surface area contributed by atoms with Gasteiger partial charge in [-0.2, -0.15) is 13.2 Å². The van der Waals surface area contributed by atoms with Crippen LogP contribution in [0.1, 0.15) is 19.8 Å². The molecular weight excluding hydrogens is 239 g/mol. The number of ether oxygens (including phenoxy) is 1. The average Bonchev–Trinajstić information content (AvgIpc) is 2.93. The Morgan fingerprint density at radius 3 is 2.29 bits per heavy atom. The molecule has 0 aliphatic heterocycles. The Morgan fingerprint density at radius 1 is 1.47 bits per heavy atom. The minimum atomic E-state index is -4.82. The molecule has 0 aromatic heterocycles. The van der Waals surface area contributed by atoms with Gasteiger partial charge in [-0.3, -0.25) is 4.79 Å². The van der Waals surface area contributed by atoms with Gasteiger partial charge >= 0.3 is 12.3 Å². The van der Waals surface area contributed by atoms with Gasteiger partial charge in [-0.05, 0) is 19.8 Å². The summed E-state index contributed by atoms with van der Waals surface area (Å²) in [6.45, 7) is 1.25. The fraction of sp³-hybridized carbons (Fsp3) is 0.600. The van der Waals surface area contributed by atoms with Crippen LogP contribution in [0.3, 0.4) is 0 Å². The second kappa shape index (κ2) is 4.28. The third-order valence-corrected chi connectivity index (χ3v) is 2.44. The van der Waals surface area contributed by atoms with Crippen molar-refractivity contribution in [1.82, 2.24) is 5.32 Å². The molecule has 1 fully saturated rings. The first kappa shape index (κ1) is 13.4. The Kier molecular flexibility index (Phi) is 3.36. The molecule has 0 bridgehead atoms. The van der Waals surface area contributed by atoms with E-state index in [1.54, 1.807) is 0 Å². The van der Waals surface area contributed by atoms with Crippen molar-refractivity contribution in [1.29, 1.82) is 0 Å². The highest BCUT2D eigenvalue weighted by molar-refractivity contribution is 5.92. The van der Waals surface area contributed by atoms with E-state index in [0.717, 1.165) is 0 Å². The van der Waals surface area contributed by atoms with E-state index in [1.165, 1.54) is 12.8 Å². The summed E-state index contributed by atoms with van der Waals surface area (Å²) >= 11 is 0. The zero-order valence-electron chi connectivity index (χ0n) is 8.93. The van der Waals surface area contributed by atoms with Crippen molar-refractivity contribution in [2.24, 2.45) is 0 Å². The van der Waals surface area contributed by atoms with E-state index in [0.29, 0.717) is 12.8 Å². The minimum Gasteiger partial charge on any atom is -0.423 e. The Hall–Kier alpha value is -1.71. The van der Waals surface area contributed by atoms with Crippen LogP contribution in [0, 0.1) is 12.3 Å². The van der Waals surface area contributed by atoms with Gasteiger partial charge in [0.25, 0.3) is 6.10 Å². The molecule has 94 valence electrons. The molecule has 7 heteroatoms. The van der Waals surface area contributed by atoms with E-state index in [9.17, 15) is 22.8 Å². The predicted octanol–water partition coefficient (Wildman–Crippen LogP) is 1.40. The van der Waals surface area contributed by atoms with Crippen molar-refractivity contribution in [3.05, 3.63) is 0 Å². The van der Waals surface area contributed by atoms with Crippen LogP contribution >= 0.6 is 0 Å².